The fourth-order valence-corrected chi connectivity index (χ4v) is 1.17. The normalized spacial score (nSPS) is 10.5. The van der Waals surface area contributed by atoms with Crippen LogP contribution in [0.25, 0.3) is 0 Å². The molecule has 0 saturated heterocycles. The second-order valence-corrected chi connectivity index (χ2v) is 2.93. The molecule has 62 valence electrons. The Kier molecular flexibility index (Phi) is 2.58. The Labute approximate surface area is 71.5 Å². The molecule has 0 atom stereocenters. The third kappa shape index (κ3) is 1.57. The minimum absolute atomic E-state index is 0.736. The molecule has 0 aliphatic rings. The van der Waals surface area contributed by atoms with Crippen LogP contribution >= 0.6 is 11.6 Å². The van der Waals surface area contributed by atoms with Gasteiger partial charge in [0.05, 0.1) is 11.6 Å². The van der Waals surface area contributed by atoms with Crippen molar-refractivity contribution in [2.75, 3.05) is 7.05 Å². The van der Waals surface area contributed by atoms with Gasteiger partial charge >= 0.3 is 0 Å². The quantitative estimate of drug-likeness (QED) is 0.743. The second-order valence-electron chi connectivity index (χ2n) is 2.55. The zero-order valence-electron chi connectivity index (χ0n) is 6.99. The van der Waals surface area contributed by atoms with Crippen molar-refractivity contribution in [1.82, 2.24) is 5.32 Å². The predicted molar refractivity (Wildman–Crippen MR) is 46.0 cm³/mol. The predicted octanol–water partition coefficient (Wildman–Crippen LogP) is 2.27. The van der Waals surface area contributed by atoms with E-state index >= 15 is 0 Å². The number of nitrogens with one attached hydrogen (secondary N) is 1. The van der Waals surface area contributed by atoms with Crippen LogP contribution < -0.4 is 5.32 Å². The number of hydrogen-bond donors (Lipinski definition) is 1. The van der Waals surface area contributed by atoms with Gasteiger partial charge in [-0.2, -0.15) is 0 Å². The van der Waals surface area contributed by atoms with Gasteiger partial charge in [-0.25, -0.2) is 0 Å². The Morgan fingerprint density at radius 2 is 2.09 bits per heavy atom. The molecule has 1 N–H and O–H groups in total. The van der Waals surface area contributed by atoms with Gasteiger partial charge in [0.25, 0.3) is 0 Å². The van der Waals surface area contributed by atoms with Crippen molar-refractivity contribution in [1.29, 1.82) is 0 Å². The molecule has 1 aromatic rings. The summed E-state index contributed by atoms with van der Waals surface area (Å²) in [7, 11) is 1.88. The molecule has 0 unspecified atom stereocenters. The Hall–Kier alpha value is -0.470. The molecule has 2 nitrogen and oxygen atoms in total. The molecule has 3 heteroatoms. The molecule has 0 aliphatic heterocycles. The molecule has 0 fully saturated rings. The Balaban J connectivity index is 2.98. The van der Waals surface area contributed by atoms with Gasteiger partial charge < -0.3 is 9.73 Å². The Bertz CT molecular complexity index is 255. The van der Waals surface area contributed by atoms with Crippen molar-refractivity contribution in [3.63, 3.8) is 0 Å². The van der Waals surface area contributed by atoms with E-state index in [1.54, 1.807) is 0 Å². The number of hydrogen-bond acceptors (Lipinski definition) is 2. The van der Waals surface area contributed by atoms with Crippen molar-refractivity contribution in [2.24, 2.45) is 0 Å². The average molecular weight is 174 g/mol. The van der Waals surface area contributed by atoms with E-state index in [0.29, 0.717) is 0 Å². The molecule has 0 amide bonds. The summed E-state index contributed by atoms with van der Waals surface area (Å²) in [6, 6.07) is 0. The van der Waals surface area contributed by atoms with Gasteiger partial charge in [0.1, 0.15) is 11.5 Å². The largest absolute Gasteiger partial charge is 0.463 e. The number of aryl methyl sites for hydroxylation is 1. The van der Waals surface area contributed by atoms with Crippen molar-refractivity contribution in [2.45, 2.75) is 20.4 Å². The first-order chi connectivity index (χ1) is 5.16. The zero-order chi connectivity index (χ0) is 8.43. The van der Waals surface area contributed by atoms with Gasteiger partial charge in [0.15, 0.2) is 0 Å². The molecule has 11 heavy (non-hydrogen) atoms. The summed E-state index contributed by atoms with van der Waals surface area (Å²) in [6.45, 7) is 4.57. The molecule has 0 aromatic carbocycles. The van der Waals surface area contributed by atoms with Gasteiger partial charge in [0.2, 0.25) is 0 Å². The van der Waals surface area contributed by atoms with Crippen LogP contribution in [0, 0.1) is 13.8 Å². The van der Waals surface area contributed by atoms with Crippen molar-refractivity contribution in [3.8, 4) is 0 Å². The average Bonchev–Trinajstić information content (AvgIpc) is 2.19. The Morgan fingerprint density at radius 1 is 1.45 bits per heavy atom. The first-order valence-corrected chi connectivity index (χ1v) is 3.93. The van der Waals surface area contributed by atoms with Crippen LogP contribution in [0.5, 0.6) is 0 Å². The highest BCUT2D eigenvalue weighted by atomic mass is 35.5. The summed E-state index contributed by atoms with van der Waals surface area (Å²) in [5.41, 5.74) is 1.04. The molecule has 0 spiro atoms. The lowest BCUT2D eigenvalue weighted by atomic mass is 10.2. The van der Waals surface area contributed by atoms with Crippen LogP contribution in [-0.4, -0.2) is 7.05 Å². The summed E-state index contributed by atoms with van der Waals surface area (Å²) in [5, 5.41) is 3.76. The minimum atomic E-state index is 0.736. The standard InChI is InChI=1S/C8H12ClNO/c1-5-7(4-10-3)11-6(2)8(5)9/h10H,4H2,1-3H3. The van der Waals surface area contributed by atoms with Gasteiger partial charge in [-0.1, -0.05) is 11.6 Å². The topological polar surface area (TPSA) is 25.2 Å². The fourth-order valence-electron chi connectivity index (χ4n) is 1.02. The van der Waals surface area contributed by atoms with E-state index in [9.17, 15) is 0 Å². The molecular formula is C8H12ClNO. The highest BCUT2D eigenvalue weighted by Gasteiger charge is 2.10. The highest BCUT2D eigenvalue weighted by Crippen LogP contribution is 2.25. The van der Waals surface area contributed by atoms with Crippen LogP contribution in [0.2, 0.25) is 5.02 Å². The molecular weight excluding hydrogens is 162 g/mol. The van der Waals surface area contributed by atoms with E-state index in [4.69, 9.17) is 16.0 Å². The van der Waals surface area contributed by atoms with Crippen LogP contribution in [0.1, 0.15) is 17.1 Å². The van der Waals surface area contributed by atoms with E-state index in [1.807, 2.05) is 20.9 Å². The molecule has 1 rings (SSSR count). The highest BCUT2D eigenvalue weighted by molar-refractivity contribution is 6.32. The maximum Gasteiger partial charge on any atom is 0.122 e. The van der Waals surface area contributed by atoms with E-state index in [0.717, 1.165) is 28.7 Å². The second kappa shape index (κ2) is 3.28. The van der Waals surface area contributed by atoms with Crippen LogP contribution in [0.3, 0.4) is 0 Å². The van der Waals surface area contributed by atoms with E-state index in [1.165, 1.54) is 0 Å². The van der Waals surface area contributed by atoms with Crippen molar-refractivity contribution in [3.05, 3.63) is 22.1 Å². The third-order valence-electron chi connectivity index (χ3n) is 1.67. The smallest absolute Gasteiger partial charge is 0.122 e. The lowest BCUT2D eigenvalue weighted by Gasteiger charge is -1.94. The van der Waals surface area contributed by atoms with E-state index in [2.05, 4.69) is 5.32 Å². The number of furan rings is 1. The molecule has 0 radical (unpaired) electrons. The molecule has 1 heterocycles. The lowest BCUT2D eigenvalue weighted by Crippen LogP contribution is -2.04. The molecule has 0 bridgehead atoms. The summed E-state index contributed by atoms with van der Waals surface area (Å²) in [4.78, 5) is 0. The van der Waals surface area contributed by atoms with E-state index < -0.39 is 0 Å². The maximum absolute atomic E-state index is 5.91. The molecule has 0 saturated carbocycles. The van der Waals surface area contributed by atoms with Gasteiger partial charge in [0, 0.05) is 5.56 Å². The summed E-state index contributed by atoms with van der Waals surface area (Å²) >= 11 is 5.91. The molecule has 1 aromatic heterocycles. The van der Waals surface area contributed by atoms with Crippen LogP contribution in [0.15, 0.2) is 4.42 Å². The fraction of sp³-hybridized carbons (Fsp3) is 0.500. The van der Waals surface area contributed by atoms with Crippen LogP contribution in [-0.2, 0) is 6.54 Å². The molecule has 0 aliphatic carbocycles. The summed E-state index contributed by atoms with van der Waals surface area (Å²) < 4.78 is 5.39. The maximum atomic E-state index is 5.91. The van der Waals surface area contributed by atoms with Crippen LogP contribution in [0.4, 0.5) is 0 Å². The van der Waals surface area contributed by atoms with Crippen molar-refractivity contribution < 1.29 is 4.42 Å². The zero-order valence-corrected chi connectivity index (χ0v) is 7.75. The number of halogens is 1. The Morgan fingerprint density at radius 3 is 2.45 bits per heavy atom. The first-order valence-electron chi connectivity index (χ1n) is 3.55. The van der Waals surface area contributed by atoms with Gasteiger partial charge in [-0.05, 0) is 20.9 Å². The SMILES string of the molecule is CNCc1oc(C)c(Cl)c1C. The van der Waals surface area contributed by atoms with Crippen molar-refractivity contribution >= 4 is 11.6 Å². The van der Waals surface area contributed by atoms with E-state index in [-0.39, 0.29) is 0 Å². The summed E-state index contributed by atoms with van der Waals surface area (Å²) in [5.74, 6) is 1.73. The van der Waals surface area contributed by atoms with Gasteiger partial charge in [-0.15, -0.1) is 0 Å². The lowest BCUT2D eigenvalue weighted by molar-refractivity contribution is 0.469. The minimum Gasteiger partial charge on any atom is -0.463 e. The first kappa shape index (κ1) is 8.62. The summed E-state index contributed by atoms with van der Waals surface area (Å²) in [6.07, 6.45) is 0. The monoisotopic (exact) mass is 173 g/mol. The third-order valence-corrected chi connectivity index (χ3v) is 2.22. The number of rotatable bonds is 2. The van der Waals surface area contributed by atoms with Gasteiger partial charge in [-0.3, -0.25) is 0 Å².